The van der Waals surface area contributed by atoms with Gasteiger partial charge in [-0.3, -0.25) is 4.98 Å². The van der Waals surface area contributed by atoms with Crippen LogP contribution in [-0.2, 0) is 0 Å². The molecule has 3 aromatic rings. The minimum Gasteiger partial charge on any atom is -0.360 e. The number of hydrogen-bond acceptors (Lipinski definition) is 1. The number of nitrogens with zero attached hydrogens (tertiary/aromatic N) is 1. The van der Waals surface area contributed by atoms with Gasteiger partial charge in [-0.2, -0.15) is 0 Å². The Hall–Kier alpha value is -1.25. The van der Waals surface area contributed by atoms with E-state index in [0.29, 0.717) is 0 Å². The van der Waals surface area contributed by atoms with Gasteiger partial charge in [0, 0.05) is 17.0 Å². The topological polar surface area (TPSA) is 28.7 Å². The second kappa shape index (κ2) is 4.51. The Morgan fingerprint density at radius 1 is 0.933 bits per heavy atom. The lowest BCUT2D eigenvalue weighted by Crippen LogP contribution is -1.78. The molecule has 0 unspecified atom stereocenters. The fraction of sp³-hybridized carbons (Fsp3) is 0. The summed E-state index contributed by atoms with van der Waals surface area (Å²) in [7, 11) is 0. The highest BCUT2D eigenvalue weighted by Crippen LogP contribution is 2.21. The lowest BCUT2D eigenvalue weighted by atomic mass is 10.1. The van der Waals surface area contributed by atoms with E-state index >= 15 is 0 Å². The number of rotatable bonds is 0. The van der Waals surface area contributed by atoms with E-state index in [-0.39, 0.29) is 24.8 Å². The Kier molecular flexibility index (Phi) is 3.56. The normalized spacial score (nSPS) is 9.60. The lowest BCUT2D eigenvalue weighted by Gasteiger charge is -1.96. The summed E-state index contributed by atoms with van der Waals surface area (Å²) in [5.74, 6) is 0. The Bertz CT molecular complexity index is 575. The molecule has 0 aliphatic carbocycles. The van der Waals surface area contributed by atoms with Crippen molar-refractivity contribution in [2.45, 2.75) is 0 Å². The molecule has 0 aliphatic rings. The van der Waals surface area contributed by atoms with Gasteiger partial charge < -0.3 is 4.98 Å². The van der Waals surface area contributed by atoms with Crippen molar-refractivity contribution in [2.75, 3.05) is 0 Å². The van der Waals surface area contributed by atoms with E-state index in [1.54, 1.807) is 0 Å². The van der Waals surface area contributed by atoms with Gasteiger partial charge in [-0.25, -0.2) is 0 Å². The maximum atomic E-state index is 4.35. The molecule has 78 valence electrons. The first-order chi connectivity index (χ1) is 6.45. The molecule has 1 aromatic carbocycles. The molecule has 0 bridgehead atoms. The van der Waals surface area contributed by atoms with Crippen LogP contribution in [0.2, 0.25) is 0 Å². The summed E-state index contributed by atoms with van der Waals surface area (Å²) < 4.78 is 0. The Morgan fingerprint density at radius 2 is 1.73 bits per heavy atom. The molecular weight excluding hydrogens is 231 g/mol. The monoisotopic (exact) mass is 240 g/mol. The number of H-pyrrole nitrogens is 1. The lowest BCUT2D eigenvalue weighted by molar-refractivity contribution is 1.40. The van der Waals surface area contributed by atoms with Crippen LogP contribution in [0.5, 0.6) is 0 Å². The number of nitrogens with one attached hydrogen (secondary N) is 1. The predicted octanol–water partition coefficient (Wildman–Crippen LogP) is 3.56. The van der Waals surface area contributed by atoms with Crippen molar-refractivity contribution in [3.05, 3.63) is 42.7 Å². The molecule has 2 nitrogen and oxygen atoms in total. The summed E-state index contributed by atoms with van der Waals surface area (Å²) >= 11 is 0. The van der Waals surface area contributed by atoms with Crippen LogP contribution >= 0.6 is 24.8 Å². The number of para-hydroxylation sites is 1. The zero-order valence-corrected chi connectivity index (χ0v) is 9.44. The highest BCUT2D eigenvalue weighted by atomic mass is 35.5. The van der Waals surface area contributed by atoms with E-state index in [1.165, 1.54) is 10.8 Å². The number of halogens is 2. The van der Waals surface area contributed by atoms with Gasteiger partial charge in [-0.15, -0.1) is 24.8 Å². The molecule has 0 aliphatic heterocycles. The van der Waals surface area contributed by atoms with E-state index in [4.69, 9.17) is 0 Å². The first-order valence-electron chi connectivity index (χ1n) is 4.26. The highest BCUT2D eigenvalue weighted by Gasteiger charge is 1.99. The van der Waals surface area contributed by atoms with Crippen LogP contribution in [0.1, 0.15) is 0 Å². The molecular formula is C11H10Cl2N2. The Morgan fingerprint density at radius 3 is 2.60 bits per heavy atom. The molecule has 15 heavy (non-hydrogen) atoms. The van der Waals surface area contributed by atoms with Gasteiger partial charge in [0.2, 0.25) is 0 Å². The van der Waals surface area contributed by atoms with Crippen LogP contribution in [0.3, 0.4) is 0 Å². The van der Waals surface area contributed by atoms with Gasteiger partial charge in [0.1, 0.15) is 0 Å². The fourth-order valence-corrected chi connectivity index (χ4v) is 1.67. The SMILES string of the molecule is Cl.Cl.c1ccc2c(c1)ncc1[nH]ccc12. The van der Waals surface area contributed by atoms with Gasteiger partial charge >= 0.3 is 0 Å². The third kappa shape index (κ3) is 1.78. The largest absolute Gasteiger partial charge is 0.360 e. The molecule has 2 heterocycles. The standard InChI is InChI=1S/C11H8N2.2ClH/c1-2-4-10-8(3-1)9-5-6-12-11(9)7-13-10;;/h1-7,12H;2*1H. The number of aromatic amines is 1. The Balaban J connectivity index is 0.000000562. The number of aromatic nitrogens is 2. The molecule has 0 fully saturated rings. The van der Waals surface area contributed by atoms with E-state index in [0.717, 1.165) is 11.0 Å². The number of pyridine rings is 1. The molecule has 0 saturated carbocycles. The molecule has 0 saturated heterocycles. The molecule has 0 amide bonds. The molecule has 0 radical (unpaired) electrons. The molecule has 3 rings (SSSR count). The van der Waals surface area contributed by atoms with Crippen LogP contribution in [-0.4, -0.2) is 9.97 Å². The van der Waals surface area contributed by atoms with E-state index in [1.807, 2.05) is 30.6 Å². The minimum absolute atomic E-state index is 0. The van der Waals surface area contributed by atoms with Crippen molar-refractivity contribution in [1.82, 2.24) is 9.97 Å². The van der Waals surface area contributed by atoms with E-state index in [9.17, 15) is 0 Å². The van der Waals surface area contributed by atoms with Gasteiger partial charge in [0.05, 0.1) is 17.2 Å². The van der Waals surface area contributed by atoms with Gasteiger partial charge in [0.15, 0.2) is 0 Å². The fourth-order valence-electron chi connectivity index (χ4n) is 1.67. The zero-order valence-electron chi connectivity index (χ0n) is 7.81. The molecule has 0 spiro atoms. The average Bonchev–Trinajstić information content (AvgIpc) is 2.65. The smallest absolute Gasteiger partial charge is 0.0709 e. The maximum absolute atomic E-state index is 4.35. The predicted molar refractivity (Wildman–Crippen MR) is 68.1 cm³/mol. The van der Waals surface area contributed by atoms with Crippen molar-refractivity contribution < 1.29 is 0 Å². The quantitative estimate of drug-likeness (QED) is 0.640. The average molecular weight is 241 g/mol. The van der Waals surface area contributed by atoms with E-state index < -0.39 is 0 Å². The van der Waals surface area contributed by atoms with Crippen molar-refractivity contribution in [1.29, 1.82) is 0 Å². The number of benzene rings is 1. The number of hydrogen-bond donors (Lipinski definition) is 1. The molecule has 1 N–H and O–H groups in total. The maximum Gasteiger partial charge on any atom is 0.0709 e. The third-order valence-electron chi connectivity index (χ3n) is 2.31. The second-order valence-electron chi connectivity index (χ2n) is 3.08. The third-order valence-corrected chi connectivity index (χ3v) is 2.31. The summed E-state index contributed by atoms with van der Waals surface area (Å²) in [4.78, 5) is 7.50. The molecule has 0 atom stereocenters. The van der Waals surface area contributed by atoms with Crippen LogP contribution in [0.25, 0.3) is 21.8 Å². The first-order valence-corrected chi connectivity index (χ1v) is 4.26. The summed E-state index contributed by atoms with van der Waals surface area (Å²) in [5, 5.41) is 2.45. The van der Waals surface area contributed by atoms with Gasteiger partial charge in [0.25, 0.3) is 0 Å². The van der Waals surface area contributed by atoms with Crippen LogP contribution < -0.4 is 0 Å². The second-order valence-corrected chi connectivity index (χ2v) is 3.08. The number of fused-ring (bicyclic) bond motifs is 3. The van der Waals surface area contributed by atoms with Crippen LogP contribution in [0.15, 0.2) is 42.7 Å². The van der Waals surface area contributed by atoms with Crippen LogP contribution in [0.4, 0.5) is 0 Å². The van der Waals surface area contributed by atoms with Crippen molar-refractivity contribution in [2.24, 2.45) is 0 Å². The van der Waals surface area contributed by atoms with Crippen LogP contribution in [0, 0.1) is 0 Å². The summed E-state index contributed by atoms with van der Waals surface area (Å²) in [6, 6.07) is 10.3. The zero-order chi connectivity index (χ0) is 8.67. The van der Waals surface area contributed by atoms with Gasteiger partial charge in [-0.05, 0) is 12.1 Å². The summed E-state index contributed by atoms with van der Waals surface area (Å²) in [6.45, 7) is 0. The van der Waals surface area contributed by atoms with Gasteiger partial charge in [-0.1, -0.05) is 18.2 Å². The van der Waals surface area contributed by atoms with Crippen molar-refractivity contribution in [3.63, 3.8) is 0 Å². The van der Waals surface area contributed by atoms with Crippen molar-refractivity contribution in [3.8, 4) is 0 Å². The molecule has 4 heteroatoms. The Labute approximate surface area is 99.5 Å². The molecule has 2 aromatic heterocycles. The highest BCUT2D eigenvalue weighted by molar-refractivity contribution is 6.04. The van der Waals surface area contributed by atoms with Crippen molar-refractivity contribution >= 4 is 46.6 Å². The van der Waals surface area contributed by atoms with E-state index in [2.05, 4.69) is 22.1 Å². The summed E-state index contributed by atoms with van der Waals surface area (Å²) in [6.07, 6.45) is 3.82. The first kappa shape index (κ1) is 11.8. The summed E-state index contributed by atoms with van der Waals surface area (Å²) in [5.41, 5.74) is 2.15. The minimum atomic E-state index is 0.